The fourth-order valence-corrected chi connectivity index (χ4v) is 4.95. The van der Waals surface area contributed by atoms with Crippen LogP contribution in [-0.2, 0) is 38.8 Å². The highest BCUT2D eigenvalue weighted by molar-refractivity contribution is 5.51. The molecule has 1 fully saturated rings. The van der Waals surface area contributed by atoms with Gasteiger partial charge in [-0.05, 0) is 28.8 Å². The molecule has 7 nitrogen and oxygen atoms in total. The first kappa shape index (κ1) is 29.6. The Bertz CT molecular complexity index is 1310. The summed E-state index contributed by atoms with van der Waals surface area (Å²) in [5.74, 6) is 1.58. The van der Waals surface area contributed by atoms with Gasteiger partial charge >= 0.3 is 0 Å². The molecule has 0 saturated carbocycles. The number of benzene rings is 4. The van der Waals surface area contributed by atoms with Gasteiger partial charge in [0.25, 0.3) is 0 Å². The molecule has 1 heterocycles. The van der Waals surface area contributed by atoms with E-state index in [1.807, 2.05) is 109 Å². The maximum Gasteiger partial charge on any atom is 0.206 e. The normalized spacial score (nSPS) is 20.1. The Morgan fingerprint density at radius 3 is 1.69 bits per heavy atom. The van der Waals surface area contributed by atoms with Crippen LogP contribution in [0.5, 0.6) is 17.2 Å². The summed E-state index contributed by atoms with van der Waals surface area (Å²) in [4.78, 5) is 0. The highest BCUT2D eigenvalue weighted by Crippen LogP contribution is 2.39. The van der Waals surface area contributed by atoms with Crippen LogP contribution in [0.15, 0.2) is 109 Å². The summed E-state index contributed by atoms with van der Waals surface area (Å²) in [6.45, 7) is 1.59. The van der Waals surface area contributed by atoms with Crippen LogP contribution < -0.4 is 14.2 Å². The minimum atomic E-state index is -0.655. The molecule has 5 rings (SSSR count). The van der Waals surface area contributed by atoms with Gasteiger partial charge in [-0.15, -0.1) is 0 Å². The van der Waals surface area contributed by atoms with Gasteiger partial charge in [-0.25, -0.2) is 0 Å². The van der Waals surface area contributed by atoms with E-state index in [1.54, 1.807) is 14.2 Å². The van der Waals surface area contributed by atoms with E-state index >= 15 is 0 Å². The molecule has 0 aliphatic carbocycles. The molecule has 0 unspecified atom stereocenters. The number of hydrogen-bond donors (Lipinski definition) is 0. The average molecular weight is 571 g/mol. The van der Waals surface area contributed by atoms with Gasteiger partial charge in [0.15, 0.2) is 11.5 Å². The third-order valence-corrected chi connectivity index (χ3v) is 7.10. The Morgan fingerprint density at radius 1 is 0.619 bits per heavy atom. The van der Waals surface area contributed by atoms with Crippen molar-refractivity contribution in [3.8, 4) is 17.2 Å². The summed E-state index contributed by atoms with van der Waals surface area (Å²) in [7, 11) is 3.20. The second-order valence-corrected chi connectivity index (χ2v) is 10.0. The molecular weight excluding hydrogens is 532 g/mol. The van der Waals surface area contributed by atoms with Crippen molar-refractivity contribution in [1.82, 2.24) is 0 Å². The van der Waals surface area contributed by atoms with E-state index in [-0.39, 0.29) is 6.10 Å². The van der Waals surface area contributed by atoms with Gasteiger partial charge in [-0.2, -0.15) is 0 Å². The van der Waals surface area contributed by atoms with Crippen molar-refractivity contribution in [2.45, 2.75) is 50.8 Å². The number of methoxy groups -OCH3 is 2. The van der Waals surface area contributed by atoms with E-state index in [2.05, 4.69) is 0 Å². The molecule has 7 heteroatoms. The maximum absolute atomic E-state index is 6.55. The van der Waals surface area contributed by atoms with Crippen LogP contribution in [0, 0.1) is 0 Å². The van der Waals surface area contributed by atoms with Gasteiger partial charge in [0, 0.05) is 6.42 Å². The van der Waals surface area contributed by atoms with Crippen molar-refractivity contribution in [1.29, 1.82) is 0 Å². The van der Waals surface area contributed by atoms with Crippen molar-refractivity contribution in [3.05, 3.63) is 126 Å². The Morgan fingerprint density at radius 2 is 1.14 bits per heavy atom. The van der Waals surface area contributed by atoms with Gasteiger partial charge in [-0.3, -0.25) is 0 Å². The van der Waals surface area contributed by atoms with Gasteiger partial charge in [0.05, 0.1) is 46.8 Å². The predicted molar refractivity (Wildman–Crippen MR) is 160 cm³/mol. The zero-order valence-corrected chi connectivity index (χ0v) is 24.1. The quantitative estimate of drug-likeness (QED) is 0.170. The number of hydrogen-bond acceptors (Lipinski definition) is 7. The zero-order chi connectivity index (χ0) is 29.0. The third-order valence-electron chi connectivity index (χ3n) is 7.10. The maximum atomic E-state index is 6.55. The van der Waals surface area contributed by atoms with Crippen molar-refractivity contribution >= 4 is 0 Å². The van der Waals surface area contributed by atoms with E-state index in [0.29, 0.717) is 50.1 Å². The van der Waals surface area contributed by atoms with Crippen LogP contribution >= 0.6 is 0 Å². The van der Waals surface area contributed by atoms with Crippen LogP contribution in [0.25, 0.3) is 0 Å². The summed E-state index contributed by atoms with van der Waals surface area (Å²) in [5.41, 5.74) is 3.23. The standard InChI is InChI=1S/C35H38O7/c1-36-29-19-12-20-30(37-2)35(29)42-33-21-31(39-23-27-15-8-4-9-16-27)34(40-24-28-17-10-5-11-18-28)32(41-33)25-38-22-26-13-6-3-7-14-26/h3-20,31-34H,21-25H2,1-2H3/t31-,32-,33+,34+/m1/s1. The van der Waals surface area contributed by atoms with Gasteiger partial charge in [-0.1, -0.05) is 97.1 Å². The van der Waals surface area contributed by atoms with Crippen LogP contribution in [0.3, 0.4) is 0 Å². The molecule has 0 radical (unpaired) electrons. The average Bonchev–Trinajstić information content (AvgIpc) is 3.05. The second-order valence-electron chi connectivity index (χ2n) is 10.0. The summed E-state index contributed by atoms with van der Waals surface area (Å²) < 4.78 is 43.4. The fourth-order valence-electron chi connectivity index (χ4n) is 4.95. The van der Waals surface area contributed by atoms with Crippen LogP contribution in [0.2, 0.25) is 0 Å². The lowest BCUT2D eigenvalue weighted by Crippen LogP contribution is -2.53. The topological polar surface area (TPSA) is 64.6 Å². The third kappa shape index (κ3) is 8.11. The first-order chi connectivity index (χ1) is 20.7. The molecule has 0 bridgehead atoms. The van der Waals surface area contributed by atoms with Gasteiger partial charge < -0.3 is 33.2 Å². The SMILES string of the molecule is COc1cccc(OC)c1O[C@H]1C[C@@H](OCc2ccccc2)[C@H](OCc2ccccc2)[C@@H](COCc2ccccc2)O1. The van der Waals surface area contributed by atoms with E-state index < -0.39 is 18.5 Å². The Labute approximate surface area is 247 Å². The van der Waals surface area contributed by atoms with Crippen molar-refractivity contribution in [2.75, 3.05) is 20.8 Å². The first-order valence-electron chi connectivity index (χ1n) is 14.2. The Balaban J connectivity index is 1.38. The van der Waals surface area contributed by atoms with Crippen LogP contribution in [0.1, 0.15) is 23.1 Å². The van der Waals surface area contributed by atoms with E-state index in [4.69, 9.17) is 33.2 Å². The largest absolute Gasteiger partial charge is 0.493 e. The lowest BCUT2D eigenvalue weighted by atomic mass is 10.0. The summed E-state index contributed by atoms with van der Waals surface area (Å²) >= 11 is 0. The highest BCUT2D eigenvalue weighted by atomic mass is 16.7. The second kappa shape index (κ2) is 15.4. The van der Waals surface area contributed by atoms with E-state index in [9.17, 15) is 0 Å². The van der Waals surface area contributed by atoms with Crippen molar-refractivity contribution in [2.24, 2.45) is 0 Å². The highest BCUT2D eigenvalue weighted by Gasteiger charge is 2.42. The molecule has 220 valence electrons. The van der Waals surface area contributed by atoms with Gasteiger partial charge in [0.2, 0.25) is 12.0 Å². The minimum absolute atomic E-state index is 0.294. The molecule has 0 aromatic heterocycles. The Kier molecular flexibility index (Phi) is 10.8. The molecule has 4 aromatic rings. The van der Waals surface area contributed by atoms with Crippen LogP contribution in [0.4, 0.5) is 0 Å². The Hall–Kier alpha value is -3.88. The molecule has 1 saturated heterocycles. The molecule has 4 atom stereocenters. The molecule has 1 aliphatic heterocycles. The molecule has 4 aromatic carbocycles. The van der Waals surface area contributed by atoms with E-state index in [0.717, 1.165) is 16.7 Å². The number of rotatable bonds is 14. The summed E-state index contributed by atoms with van der Waals surface area (Å²) in [6, 6.07) is 35.8. The lowest BCUT2D eigenvalue weighted by molar-refractivity contribution is -0.258. The molecule has 0 N–H and O–H groups in total. The van der Waals surface area contributed by atoms with Gasteiger partial charge in [0.1, 0.15) is 12.2 Å². The zero-order valence-electron chi connectivity index (χ0n) is 24.1. The summed E-state index contributed by atoms with van der Waals surface area (Å²) in [6.07, 6.45) is -1.42. The molecular formula is C35H38O7. The predicted octanol–water partition coefficient (Wildman–Crippen LogP) is 6.59. The van der Waals surface area contributed by atoms with Crippen molar-refractivity contribution in [3.63, 3.8) is 0 Å². The molecule has 42 heavy (non-hydrogen) atoms. The van der Waals surface area contributed by atoms with Crippen LogP contribution in [-0.4, -0.2) is 45.4 Å². The van der Waals surface area contributed by atoms with Crippen molar-refractivity contribution < 1.29 is 33.2 Å². The number of para-hydroxylation sites is 1. The fraction of sp³-hybridized carbons (Fsp3) is 0.314. The lowest BCUT2D eigenvalue weighted by Gasteiger charge is -2.41. The monoisotopic (exact) mass is 570 g/mol. The first-order valence-corrected chi connectivity index (χ1v) is 14.2. The summed E-state index contributed by atoms with van der Waals surface area (Å²) in [5, 5.41) is 0. The number of ether oxygens (including phenoxy) is 7. The molecule has 1 aliphatic rings. The minimum Gasteiger partial charge on any atom is -0.493 e. The molecule has 0 spiro atoms. The van der Waals surface area contributed by atoms with E-state index in [1.165, 1.54) is 0 Å². The smallest absolute Gasteiger partial charge is 0.206 e. The molecule has 0 amide bonds.